The van der Waals surface area contributed by atoms with E-state index in [-0.39, 0.29) is 11.3 Å². The molecule has 0 atom stereocenters. The number of nitrogens with one attached hydrogen (secondary N) is 2. The number of pyridine rings is 1. The molecule has 8 heteroatoms. The highest BCUT2D eigenvalue weighted by atomic mass is 19.1. The summed E-state index contributed by atoms with van der Waals surface area (Å²) in [6.45, 7) is 0.599. The van der Waals surface area contributed by atoms with Crippen LogP contribution in [-0.2, 0) is 13.5 Å². The zero-order valence-electron chi connectivity index (χ0n) is 14.9. The Morgan fingerprint density at radius 2 is 2.07 bits per heavy atom. The molecule has 4 aromatic rings. The molecule has 0 fully saturated rings. The lowest BCUT2D eigenvalue weighted by atomic mass is 10.0. The third kappa shape index (κ3) is 3.08. The van der Waals surface area contributed by atoms with Crippen LogP contribution in [0.1, 0.15) is 5.56 Å². The fraction of sp³-hybridized carbons (Fsp3) is 0.211. The largest absolute Gasteiger partial charge is 0.319 e. The van der Waals surface area contributed by atoms with Gasteiger partial charge in [-0.15, -0.1) is 0 Å². The Kier molecular flexibility index (Phi) is 4.41. The van der Waals surface area contributed by atoms with E-state index in [4.69, 9.17) is 0 Å². The van der Waals surface area contributed by atoms with Crippen LogP contribution in [0.2, 0.25) is 0 Å². The topological polar surface area (TPSA) is 71.4 Å². The smallest absolute Gasteiger partial charge is 0.138 e. The SMILES string of the molecule is CNCCc1ccc(F)c(-c2cc3c(-c4cnn(C)c4)n[nH]c3cn2)c1F. The summed E-state index contributed by atoms with van der Waals surface area (Å²) in [4.78, 5) is 4.24. The van der Waals surface area contributed by atoms with Gasteiger partial charge in [-0.2, -0.15) is 10.2 Å². The Balaban J connectivity index is 1.85. The van der Waals surface area contributed by atoms with Gasteiger partial charge in [0.15, 0.2) is 0 Å². The van der Waals surface area contributed by atoms with E-state index >= 15 is 0 Å². The first kappa shape index (κ1) is 17.3. The van der Waals surface area contributed by atoms with Crippen LogP contribution in [0.3, 0.4) is 0 Å². The van der Waals surface area contributed by atoms with Gasteiger partial charge in [0.05, 0.1) is 29.2 Å². The molecule has 2 N–H and O–H groups in total. The van der Waals surface area contributed by atoms with Crippen molar-refractivity contribution >= 4 is 10.9 Å². The fourth-order valence-electron chi connectivity index (χ4n) is 3.10. The lowest BCUT2D eigenvalue weighted by molar-refractivity contribution is 0.575. The van der Waals surface area contributed by atoms with Crippen molar-refractivity contribution < 1.29 is 8.78 Å². The Hall–Kier alpha value is -3.13. The second-order valence-corrected chi connectivity index (χ2v) is 6.34. The van der Waals surface area contributed by atoms with E-state index in [9.17, 15) is 8.78 Å². The summed E-state index contributed by atoms with van der Waals surface area (Å²) in [6.07, 6.45) is 5.52. The van der Waals surface area contributed by atoms with Gasteiger partial charge in [-0.25, -0.2) is 8.78 Å². The van der Waals surface area contributed by atoms with Crippen molar-refractivity contribution in [2.75, 3.05) is 13.6 Å². The molecule has 27 heavy (non-hydrogen) atoms. The summed E-state index contributed by atoms with van der Waals surface area (Å²) >= 11 is 0. The van der Waals surface area contributed by atoms with E-state index in [2.05, 4.69) is 25.6 Å². The molecule has 0 saturated carbocycles. The highest BCUT2D eigenvalue weighted by molar-refractivity contribution is 5.94. The van der Waals surface area contributed by atoms with Crippen molar-refractivity contribution in [3.05, 3.63) is 54.0 Å². The zero-order valence-corrected chi connectivity index (χ0v) is 14.9. The van der Waals surface area contributed by atoms with Gasteiger partial charge in [0.25, 0.3) is 0 Å². The summed E-state index contributed by atoms with van der Waals surface area (Å²) in [7, 11) is 3.60. The molecular weight excluding hydrogens is 350 g/mol. The van der Waals surface area contributed by atoms with Crippen molar-refractivity contribution in [3.63, 3.8) is 0 Å². The van der Waals surface area contributed by atoms with Crippen molar-refractivity contribution in [1.82, 2.24) is 30.3 Å². The van der Waals surface area contributed by atoms with Gasteiger partial charge in [-0.05, 0) is 37.7 Å². The first-order chi connectivity index (χ1) is 13.1. The van der Waals surface area contributed by atoms with Gasteiger partial charge in [0.2, 0.25) is 0 Å². The van der Waals surface area contributed by atoms with Gasteiger partial charge in [0, 0.05) is 24.2 Å². The lowest BCUT2D eigenvalue weighted by Crippen LogP contribution is -2.12. The molecular formula is C19H18F2N6. The lowest BCUT2D eigenvalue weighted by Gasteiger charge is -2.09. The Labute approximate surface area is 154 Å². The van der Waals surface area contributed by atoms with Gasteiger partial charge in [0.1, 0.15) is 17.3 Å². The van der Waals surface area contributed by atoms with Gasteiger partial charge in [-0.1, -0.05) is 6.07 Å². The first-order valence-corrected chi connectivity index (χ1v) is 8.53. The summed E-state index contributed by atoms with van der Waals surface area (Å²) in [5, 5.41) is 15.0. The average Bonchev–Trinajstić information content (AvgIpc) is 3.27. The van der Waals surface area contributed by atoms with E-state index in [1.807, 2.05) is 13.2 Å². The Morgan fingerprint density at radius 3 is 2.81 bits per heavy atom. The minimum atomic E-state index is -0.640. The van der Waals surface area contributed by atoms with Gasteiger partial charge in [-0.3, -0.25) is 14.8 Å². The summed E-state index contributed by atoms with van der Waals surface area (Å²) in [5.74, 6) is -1.22. The monoisotopic (exact) mass is 368 g/mol. The van der Waals surface area contributed by atoms with Crippen molar-refractivity contribution in [3.8, 4) is 22.5 Å². The average molecular weight is 368 g/mol. The van der Waals surface area contributed by atoms with E-state index in [1.54, 1.807) is 24.0 Å². The number of aromatic amines is 1. The third-order valence-corrected chi connectivity index (χ3v) is 4.50. The molecule has 0 aliphatic rings. The molecule has 0 unspecified atom stereocenters. The molecule has 3 aromatic heterocycles. The predicted molar refractivity (Wildman–Crippen MR) is 99.1 cm³/mol. The maximum absolute atomic E-state index is 15.0. The number of aryl methyl sites for hydroxylation is 1. The van der Waals surface area contributed by atoms with Crippen molar-refractivity contribution in [1.29, 1.82) is 0 Å². The van der Waals surface area contributed by atoms with Crippen LogP contribution in [0, 0.1) is 11.6 Å². The molecule has 0 radical (unpaired) electrons. The van der Waals surface area contributed by atoms with Crippen LogP contribution < -0.4 is 5.32 Å². The number of fused-ring (bicyclic) bond motifs is 1. The van der Waals surface area contributed by atoms with Gasteiger partial charge < -0.3 is 5.32 Å². The normalized spacial score (nSPS) is 11.4. The maximum atomic E-state index is 15.0. The van der Waals surface area contributed by atoms with E-state index < -0.39 is 11.6 Å². The molecule has 6 nitrogen and oxygen atoms in total. The quantitative estimate of drug-likeness (QED) is 0.568. The highest BCUT2D eigenvalue weighted by Gasteiger charge is 2.19. The van der Waals surface area contributed by atoms with Crippen molar-refractivity contribution in [2.45, 2.75) is 6.42 Å². The standard InChI is InChI=1S/C19H18F2N6/c1-22-6-5-11-3-4-14(20)17(18(11)21)15-7-13-16(9-23-15)25-26-19(13)12-8-24-27(2)10-12/h3-4,7-10,22H,5-6H2,1-2H3,(H,25,26). The van der Waals surface area contributed by atoms with E-state index in [1.165, 1.54) is 18.3 Å². The predicted octanol–water partition coefficient (Wildman–Crippen LogP) is 3.07. The number of halogens is 2. The number of nitrogens with zero attached hydrogens (tertiary/aromatic N) is 4. The van der Waals surface area contributed by atoms with Crippen LogP contribution in [0.25, 0.3) is 33.4 Å². The van der Waals surface area contributed by atoms with E-state index in [0.717, 1.165) is 10.9 Å². The fourth-order valence-corrected chi connectivity index (χ4v) is 3.10. The molecule has 0 aliphatic carbocycles. The second kappa shape index (κ2) is 6.88. The summed E-state index contributed by atoms with van der Waals surface area (Å²) in [6, 6.07) is 4.42. The number of H-pyrrole nitrogens is 1. The highest BCUT2D eigenvalue weighted by Crippen LogP contribution is 2.32. The molecule has 0 bridgehead atoms. The minimum Gasteiger partial charge on any atom is -0.319 e. The number of rotatable bonds is 5. The van der Waals surface area contributed by atoms with Crippen LogP contribution in [0.4, 0.5) is 8.78 Å². The zero-order chi connectivity index (χ0) is 19.0. The maximum Gasteiger partial charge on any atom is 0.138 e. The second-order valence-electron chi connectivity index (χ2n) is 6.34. The number of likely N-dealkylation sites (N-methyl/N-ethyl adjacent to an activating group) is 1. The Bertz CT molecular complexity index is 1110. The summed E-state index contributed by atoms with van der Waals surface area (Å²) < 4.78 is 31.1. The van der Waals surface area contributed by atoms with E-state index in [0.29, 0.717) is 29.7 Å². The number of hydrogen-bond donors (Lipinski definition) is 2. The van der Waals surface area contributed by atoms with Crippen LogP contribution >= 0.6 is 0 Å². The first-order valence-electron chi connectivity index (χ1n) is 8.53. The molecule has 0 saturated heterocycles. The van der Waals surface area contributed by atoms with Crippen LogP contribution in [0.15, 0.2) is 36.8 Å². The number of aromatic nitrogens is 5. The molecule has 0 amide bonds. The number of benzene rings is 1. The minimum absolute atomic E-state index is 0.121. The molecule has 4 rings (SSSR count). The number of hydrogen-bond acceptors (Lipinski definition) is 4. The molecule has 3 heterocycles. The molecule has 0 spiro atoms. The van der Waals surface area contributed by atoms with Crippen LogP contribution in [0.5, 0.6) is 0 Å². The molecule has 1 aromatic carbocycles. The van der Waals surface area contributed by atoms with Gasteiger partial charge >= 0.3 is 0 Å². The summed E-state index contributed by atoms with van der Waals surface area (Å²) in [5.41, 5.74) is 2.71. The van der Waals surface area contributed by atoms with Crippen LogP contribution in [-0.4, -0.2) is 38.6 Å². The Morgan fingerprint density at radius 1 is 1.22 bits per heavy atom. The molecule has 138 valence electrons. The molecule has 0 aliphatic heterocycles. The van der Waals surface area contributed by atoms with Crippen molar-refractivity contribution in [2.24, 2.45) is 7.05 Å². The third-order valence-electron chi connectivity index (χ3n) is 4.50.